The van der Waals surface area contributed by atoms with Crippen LogP contribution in [0.25, 0.3) is 0 Å². The lowest BCUT2D eigenvalue weighted by Gasteiger charge is -2.10. The smallest absolute Gasteiger partial charge is 0.255 e. The van der Waals surface area contributed by atoms with Crippen molar-refractivity contribution in [1.29, 1.82) is 5.26 Å². The number of carbonyl (C=O) groups excluding carboxylic acids is 1. The third kappa shape index (κ3) is 3.20. The summed E-state index contributed by atoms with van der Waals surface area (Å²) in [6, 6.07) is 9.17. The zero-order chi connectivity index (χ0) is 15.6. The van der Waals surface area contributed by atoms with Crippen LogP contribution < -0.4 is 11.1 Å². The molecule has 2 aromatic carbocycles. The van der Waals surface area contributed by atoms with Crippen molar-refractivity contribution < 1.29 is 9.18 Å². The summed E-state index contributed by atoms with van der Waals surface area (Å²) in [5, 5.41) is 11.4. The topological polar surface area (TPSA) is 78.9 Å². The number of rotatable bonds is 2. The van der Waals surface area contributed by atoms with Crippen LogP contribution in [-0.4, -0.2) is 5.91 Å². The van der Waals surface area contributed by atoms with Gasteiger partial charge in [0.15, 0.2) is 0 Å². The molecule has 0 heterocycles. The summed E-state index contributed by atoms with van der Waals surface area (Å²) in [6.07, 6.45) is 0. The molecular formula is C15H11BrFN3O. The number of hydrogen-bond donors (Lipinski definition) is 2. The molecule has 2 aromatic rings. The van der Waals surface area contributed by atoms with E-state index >= 15 is 0 Å². The van der Waals surface area contributed by atoms with Crippen LogP contribution in [0, 0.1) is 24.1 Å². The molecule has 0 bridgehead atoms. The van der Waals surface area contributed by atoms with Crippen LogP contribution in [0.5, 0.6) is 0 Å². The van der Waals surface area contributed by atoms with Gasteiger partial charge in [-0.05, 0) is 53.2 Å². The van der Waals surface area contributed by atoms with Crippen molar-refractivity contribution in [2.24, 2.45) is 0 Å². The van der Waals surface area contributed by atoms with Crippen LogP contribution in [0.4, 0.5) is 15.8 Å². The number of nitrogens with one attached hydrogen (secondary N) is 1. The fourth-order valence-electron chi connectivity index (χ4n) is 1.75. The van der Waals surface area contributed by atoms with E-state index in [9.17, 15) is 9.18 Å². The van der Waals surface area contributed by atoms with Gasteiger partial charge in [-0.25, -0.2) is 4.39 Å². The quantitative estimate of drug-likeness (QED) is 0.814. The molecule has 2 rings (SSSR count). The van der Waals surface area contributed by atoms with E-state index in [0.717, 1.165) is 6.07 Å². The molecule has 0 saturated heterocycles. The van der Waals surface area contributed by atoms with E-state index in [2.05, 4.69) is 21.2 Å². The Morgan fingerprint density at radius 3 is 2.71 bits per heavy atom. The van der Waals surface area contributed by atoms with Gasteiger partial charge in [0.2, 0.25) is 0 Å². The summed E-state index contributed by atoms with van der Waals surface area (Å²) in [4.78, 5) is 12.2. The van der Waals surface area contributed by atoms with Crippen molar-refractivity contribution in [3.05, 3.63) is 57.3 Å². The van der Waals surface area contributed by atoms with Gasteiger partial charge >= 0.3 is 0 Å². The van der Waals surface area contributed by atoms with Crippen molar-refractivity contribution in [2.75, 3.05) is 11.1 Å². The Kier molecular flexibility index (Phi) is 4.24. The molecule has 0 fully saturated rings. The van der Waals surface area contributed by atoms with E-state index in [-0.39, 0.29) is 16.8 Å². The third-order valence-corrected chi connectivity index (χ3v) is 3.70. The molecule has 0 saturated carbocycles. The van der Waals surface area contributed by atoms with Crippen molar-refractivity contribution in [1.82, 2.24) is 0 Å². The highest BCUT2D eigenvalue weighted by molar-refractivity contribution is 9.10. The Balaban J connectivity index is 2.33. The molecule has 4 nitrogen and oxygen atoms in total. The lowest BCUT2D eigenvalue weighted by Crippen LogP contribution is -2.13. The van der Waals surface area contributed by atoms with Gasteiger partial charge in [-0.2, -0.15) is 5.26 Å². The Morgan fingerprint density at radius 1 is 1.38 bits per heavy atom. The normalized spacial score (nSPS) is 10.0. The predicted octanol–water partition coefficient (Wildman–Crippen LogP) is 3.60. The standard InChI is InChI=1S/C15H11BrFN3O/c1-8-12(17)4-9(7-18)5-14(8)20-15(21)10-2-3-11(16)13(19)6-10/h2-6H,19H2,1H3,(H,20,21). The lowest BCUT2D eigenvalue weighted by atomic mass is 10.1. The highest BCUT2D eigenvalue weighted by atomic mass is 79.9. The average molecular weight is 348 g/mol. The van der Waals surface area contributed by atoms with Gasteiger partial charge in [-0.3, -0.25) is 4.79 Å². The number of anilines is 2. The number of amides is 1. The molecule has 106 valence electrons. The van der Waals surface area contributed by atoms with Crippen LogP contribution in [0.2, 0.25) is 0 Å². The predicted molar refractivity (Wildman–Crippen MR) is 82.4 cm³/mol. The summed E-state index contributed by atoms with van der Waals surface area (Å²) < 4.78 is 14.4. The number of nitrogens with zero attached hydrogens (tertiary/aromatic N) is 1. The first kappa shape index (κ1) is 15.0. The van der Waals surface area contributed by atoms with Crippen LogP contribution in [0.15, 0.2) is 34.8 Å². The molecule has 3 N–H and O–H groups in total. The first-order valence-corrected chi connectivity index (χ1v) is 6.78. The Hall–Kier alpha value is -2.39. The Bertz CT molecular complexity index is 768. The van der Waals surface area contributed by atoms with E-state index in [1.54, 1.807) is 12.1 Å². The number of benzene rings is 2. The first-order valence-electron chi connectivity index (χ1n) is 5.99. The number of nitrogens with two attached hydrogens (primary N) is 1. The Labute approximate surface area is 129 Å². The van der Waals surface area contributed by atoms with E-state index in [4.69, 9.17) is 11.0 Å². The molecule has 0 aliphatic heterocycles. The zero-order valence-corrected chi connectivity index (χ0v) is 12.7. The fraction of sp³-hybridized carbons (Fsp3) is 0.0667. The van der Waals surface area contributed by atoms with E-state index in [1.807, 2.05) is 6.07 Å². The summed E-state index contributed by atoms with van der Waals surface area (Å²) in [5.74, 6) is -0.966. The summed E-state index contributed by atoms with van der Waals surface area (Å²) in [5.41, 5.74) is 7.17. The molecular weight excluding hydrogens is 337 g/mol. The Morgan fingerprint density at radius 2 is 2.10 bits per heavy atom. The third-order valence-electron chi connectivity index (χ3n) is 2.98. The number of halogens is 2. The van der Waals surface area contributed by atoms with Gasteiger partial charge in [0.25, 0.3) is 5.91 Å². The van der Waals surface area contributed by atoms with E-state index in [0.29, 0.717) is 15.7 Å². The summed E-state index contributed by atoms with van der Waals surface area (Å²) in [7, 11) is 0. The van der Waals surface area contributed by atoms with E-state index in [1.165, 1.54) is 19.1 Å². The van der Waals surface area contributed by atoms with Gasteiger partial charge in [-0.1, -0.05) is 0 Å². The monoisotopic (exact) mass is 347 g/mol. The number of hydrogen-bond acceptors (Lipinski definition) is 3. The van der Waals surface area contributed by atoms with Gasteiger partial charge in [0.05, 0.1) is 11.6 Å². The number of carbonyl (C=O) groups is 1. The van der Waals surface area contributed by atoms with Crippen molar-refractivity contribution in [3.63, 3.8) is 0 Å². The maximum absolute atomic E-state index is 13.7. The van der Waals surface area contributed by atoms with Crippen molar-refractivity contribution in [2.45, 2.75) is 6.92 Å². The second-order valence-electron chi connectivity index (χ2n) is 4.43. The molecule has 1 amide bonds. The molecule has 0 aliphatic rings. The molecule has 0 aromatic heterocycles. The molecule has 6 heteroatoms. The van der Waals surface area contributed by atoms with Gasteiger partial charge in [0.1, 0.15) is 5.82 Å². The minimum absolute atomic E-state index is 0.142. The minimum atomic E-state index is -0.542. The summed E-state index contributed by atoms with van der Waals surface area (Å²) in [6.45, 7) is 1.53. The molecule has 21 heavy (non-hydrogen) atoms. The fourth-order valence-corrected chi connectivity index (χ4v) is 2.00. The molecule has 0 atom stereocenters. The lowest BCUT2D eigenvalue weighted by molar-refractivity contribution is 0.102. The number of nitrogen functional groups attached to an aromatic ring is 1. The second kappa shape index (κ2) is 5.94. The van der Waals surface area contributed by atoms with Gasteiger partial charge in [-0.15, -0.1) is 0 Å². The van der Waals surface area contributed by atoms with Crippen LogP contribution >= 0.6 is 15.9 Å². The average Bonchev–Trinajstić information content (AvgIpc) is 2.46. The molecule has 0 aliphatic carbocycles. The van der Waals surface area contributed by atoms with Crippen LogP contribution in [0.1, 0.15) is 21.5 Å². The largest absolute Gasteiger partial charge is 0.398 e. The molecule has 0 unspecified atom stereocenters. The highest BCUT2D eigenvalue weighted by Gasteiger charge is 2.12. The van der Waals surface area contributed by atoms with Gasteiger partial charge < -0.3 is 11.1 Å². The van der Waals surface area contributed by atoms with Crippen molar-refractivity contribution >= 4 is 33.2 Å². The minimum Gasteiger partial charge on any atom is -0.398 e. The van der Waals surface area contributed by atoms with Gasteiger partial charge in [0, 0.05) is 27.0 Å². The van der Waals surface area contributed by atoms with E-state index < -0.39 is 11.7 Å². The van der Waals surface area contributed by atoms with Crippen LogP contribution in [0.3, 0.4) is 0 Å². The van der Waals surface area contributed by atoms with Crippen molar-refractivity contribution in [3.8, 4) is 6.07 Å². The molecule has 0 radical (unpaired) electrons. The summed E-state index contributed by atoms with van der Waals surface area (Å²) >= 11 is 3.24. The maximum atomic E-state index is 13.7. The molecule has 0 spiro atoms. The maximum Gasteiger partial charge on any atom is 0.255 e. The first-order chi connectivity index (χ1) is 9.92. The second-order valence-corrected chi connectivity index (χ2v) is 5.29. The highest BCUT2D eigenvalue weighted by Crippen LogP contribution is 2.23. The zero-order valence-electron chi connectivity index (χ0n) is 11.1. The number of nitriles is 1. The SMILES string of the molecule is Cc1c(F)cc(C#N)cc1NC(=O)c1ccc(Br)c(N)c1. The van der Waals surface area contributed by atoms with Crippen LogP contribution in [-0.2, 0) is 0 Å².